The van der Waals surface area contributed by atoms with Gasteiger partial charge in [-0.15, -0.1) is 0 Å². The van der Waals surface area contributed by atoms with Crippen LogP contribution in [0.5, 0.6) is 0 Å². The second kappa shape index (κ2) is 9.03. The Hall–Kier alpha value is -1.71. The van der Waals surface area contributed by atoms with Gasteiger partial charge in [0.1, 0.15) is 0 Å². The van der Waals surface area contributed by atoms with Crippen molar-refractivity contribution in [3.05, 3.63) is 70.3 Å². The van der Waals surface area contributed by atoms with Crippen molar-refractivity contribution in [2.75, 3.05) is 14.2 Å². The first-order chi connectivity index (χ1) is 14.5. The molecule has 0 saturated carbocycles. The Labute approximate surface area is 187 Å². The number of phosphoric acid groups is 1. The first-order valence-electron chi connectivity index (χ1n) is 10.8. The third kappa shape index (κ3) is 5.38. The smallest absolute Gasteiger partial charge is 0.290 e. The van der Waals surface area contributed by atoms with Crippen LogP contribution < -0.4 is 0 Å². The Morgan fingerprint density at radius 1 is 0.935 bits per heavy atom. The molecule has 4 nitrogen and oxygen atoms in total. The molecule has 0 N–H and O–H groups in total. The molecule has 1 aliphatic rings. The fourth-order valence-corrected chi connectivity index (χ4v) is 4.88. The molecule has 0 heterocycles. The van der Waals surface area contributed by atoms with E-state index in [0.29, 0.717) is 0 Å². The summed E-state index contributed by atoms with van der Waals surface area (Å²) in [6, 6.07) is 15.0. The minimum atomic E-state index is -3.46. The van der Waals surface area contributed by atoms with Crippen molar-refractivity contribution in [3.8, 4) is 0 Å². The Morgan fingerprint density at radius 2 is 1.52 bits per heavy atom. The summed E-state index contributed by atoms with van der Waals surface area (Å²) in [5.41, 5.74) is 7.90. The highest BCUT2D eigenvalue weighted by Gasteiger charge is 2.36. The van der Waals surface area contributed by atoms with Crippen molar-refractivity contribution in [1.82, 2.24) is 0 Å². The number of allylic oxidation sites excluding steroid dienone is 1. The number of fused-ring (bicyclic) bond motifs is 1. The van der Waals surface area contributed by atoms with Gasteiger partial charge in [0.25, 0.3) is 0 Å². The van der Waals surface area contributed by atoms with E-state index < -0.39 is 7.82 Å². The molecule has 0 spiro atoms. The second-order valence-corrected chi connectivity index (χ2v) is 11.6. The predicted molar refractivity (Wildman–Crippen MR) is 128 cm³/mol. The molecule has 3 rings (SSSR count). The van der Waals surface area contributed by atoms with Crippen molar-refractivity contribution < 1.29 is 18.1 Å². The fourth-order valence-electron chi connectivity index (χ4n) is 4.21. The van der Waals surface area contributed by atoms with Crippen LogP contribution in [0.2, 0.25) is 0 Å². The van der Waals surface area contributed by atoms with Gasteiger partial charge in [-0.25, -0.2) is 4.57 Å². The van der Waals surface area contributed by atoms with Crippen LogP contribution in [0.15, 0.2) is 42.5 Å². The number of hydrogen-bond acceptors (Lipinski definition) is 4. The highest BCUT2D eigenvalue weighted by atomic mass is 31.2. The standard InChI is InChI=1S/C26H35O4P/c1-19(16-20-8-10-21(11-9-20)18-30-31(27,28-6)29-7)22-12-13-23-24(17-22)26(4,5)15-14-25(23,2)3/h8-13,16-17H,14-15,18H2,1-7H3/b19-16+. The summed E-state index contributed by atoms with van der Waals surface area (Å²) in [7, 11) is -0.845. The van der Waals surface area contributed by atoms with Crippen molar-refractivity contribution >= 4 is 19.5 Å². The van der Waals surface area contributed by atoms with Gasteiger partial charge in [0.2, 0.25) is 0 Å². The van der Waals surface area contributed by atoms with E-state index in [4.69, 9.17) is 13.6 Å². The van der Waals surface area contributed by atoms with E-state index in [9.17, 15) is 4.57 Å². The zero-order chi connectivity index (χ0) is 22.9. The maximum atomic E-state index is 12.0. The molecule has 0 atom stereocenters. The van der Waals surface area contributed by atoms with E-state index in [-0.39, 0.29) is 17.4 Å². The minimum absolute atomic E-state index is 0.164. The average Bonchev–Trinajstić information content (AvgIpc) is 2.76. The van der Waals surface area contributed by atoms with E-state index >= 15 is 0 Å². The van der Waals surface area contributed by atoms with Crippen LogP contribution in [0.1, 0.15) is 75.3 Å². The fraction of sp³-hybridized carbons (Fsp3) is 0.462. The molecule has 168 valence electrons. The highest BCUT2D eigenvalue weighted by Crippen LogP contribution is 2.48. The van der Waals surface area contributed by atoms with Crippen LogP contribution in [0.25, 0.3) is 11.6 Å². The molecule has 0 fully saturated rings. The first-order valence-corrected chi connectivity index (χ1v) is 12.2. The van der Waals surface area contributed by atoms with Crippen LogP contribution >= 0.6 is 7.82 Å². The number of rotatable bonds is 7. The Bertz CT molecular complexity index is 995. The SMILES string of the molecule is COP(=O)(OC)OCc1ccc(/C=C(\C)c2ccc3c(c2)C(C)(C)CCC3(C)C)cc1. The lowest BCUT2D eigenvalue weighted by atomic mass is 9.63. The maximum absolute atomic E-state index is 12.0. The third-order valence-electron chi connectivity index (χ3n) is 6.51. The lowest BCUT2D eigenvalue weighted by Gasteiger charge is -2.42. The zero-order valence-corrected chi connectivity index (χ0v) is 20.7. The van der Waals surface area contributed by atoms with E-state index in [1.165, 1.54) is 49.3 Å². The number of benzene rings is 2. The lowest BCUT2D eigenvalue weighted by molar-refractivity contribution is 0.146. The van der Waals surface area contributed by atoms with E-state index in [1.807, 2.05) is 24.3 Å². The number of hydrogen-bond donors (Lipinski definition) is 0. The number of phosphoric ester groups is 1. The van der Waals surface area contributed by atoms with E-state index in [0.717, 1.165) is 11.1 Å². The molecule has 0 saturated heterocycles. The maximum Gasteiger partial charge on any atom is 0.474 e. The minimum Gasteiger partial charge on any atom is -0.290 e. The summed E-state index contributed by atoms with van der Waals surface area (Å²) >= 11 is 0. The molecule has 31 heavy (non-hydrogen) atoms. The molecule has 1 aliphatic carbocycles. The molecule has 0 aliphatic heterocycles. The van der Waals surface area contributed by atoms with Gasteiger partial charge < -0.3 is 0 Å². The van der Waals surface area contributed by atoms with Crippen LogP contribution in [-0.2, 0) is 35.6 Å². The molecule has 0 unspecified atom stereocenters. The predicted octanol–water partition coefficient (Wildman–Crippen LogP) is 7.51. The van der Waals surface area contributed by atoms with Gasteiger partial charge in [-0.3, -0.25) is 13.6 Å². The highest BCUT2D eigenvalue weighted by molar-refractivity contribution is 7.48. The van der Waals surface area contributed by atoms with Gasteiger partial charge in [0, 0.05) is 14.2 Å². The van der Waals surface area contributed by atoms with Crippen LogP contribution in [-0.4, -0.2) is 14.2 Å². The summed E-state index contributed by atoms with van der Waals surface area (Å²) in [6.45, 7) is 11.7. The second-order valence-electron chi connectivity index (χ2n) is 9.68. The molecule has 0 bridgehead atoms. The molecular formula is C26H35O4P. The Balaban J connectivity index is 1.80. The van der Waals surface area contributed by atoms with Crippen molar-refractivity contribution in [2.24, 2.45) is 0 Å². The Morgan fingerprint density at radius 3 is 2.10 bits per heavy atom. The van der Waals surface area contributed by atoms with Gasteiger partial charge >= 0.3 is 7.82 Å². The van der Waals surface area contributed by atoms with Crippen molar-refractivity contribution in [2.45, 2.75) is 64.9 Å². The van der Waals surface area contributed by atoms with Crippen molar-refractivity contribution in [3.63, 3.8) is 0 Å². The van der Waals surface area contributed by atoms with E-state index in [1.54, 1.807) is 0 Å². The normalized spacial score (nSPS) is 18.0. The molecule has 2 aromatic rings. The lowest BCUT2D eigenvalue weighted by Crippen LogP contribution is -2.33. The van der Waals surface area contributed by atoms with Crippen molar-refractivity contribution in [1.29, 1.82) is 0 Å². The molecular weight excluding hydrogens is 407 g/mol. The van der Waals surface area contributed by atoms with Gasteiger partial charge in [-0.2, -0.15) is 0 Å². The molecule has 5 heteroatoms. The third-order valence-corrected chi connectivity index (χ3v) is 7.85. The summed E-state index contributed by atoms with van der Waals surface area (Å²) < 4.78 is 26.9. The van der Waals surface area contributed by atoms with Gasteiger partial charge in [-0.1, -0.05) is 76.2 Å². The molecule has 0 amide bonds. The topological polar surface area (TPSA) is 44.8 Å². The summed E-state index contributed by atoms with van der Waals surface area (Å²) in [6.07, 6.45) is 4.63. The Kier molecular flexibility index (Phi) is 6.98. The summed E-state index contributed by atoms with van der Waals surface area (Å²) in [4.78, 5) is 0. The van der Waals surface area contributed by atoms with E-state index in [2.05, 4.69) is 58.9 Å². The van der Waals surface area contributed by atoms with Crippen LogP contribution in [0, 0.1) is 0 Å². The molecule has 2 aromatic carbocycles. The summed E-state index contributed by atoms with van der Waals surface area (Å²) in [5.74, 6) is 0. The van der Waals surface area contributed by atoms with Gasteiger partial charge in [0.05, 0.1) is 6.61 Å². The quantitative estimate of drug-likeness (QED) is 0.329. The van der Waals surface area contributed by atoms with Crippen LogP contribution in [0.4, 0.5) is 0 Å². The summed E-state index contributed by atoms with van der Waals surface area (Å²) in [5, 5.41) is 0. The first kappa shape index (κ1) is 23.9. The molecule has 0 radical (unpaired) electrons. The van der Waals surface area contributed by atoms with Gasteiger partial charge in [0.15, 0.2) is 0 Å². The molecule has 0 aromatic heterocycles. The largest absolute Gasteiger partial charge is 0.474 e. The van der Waals surface area contributed by atoms with Crippen LogP contribution in [0.3, 0.4) is 0 Å². The zero-order valence-electron chi connectivity index (χ0n) is 19.8. The monoisotopic (exact) mass is 442 g/mol. The average molecular weight is 443 g/mol. The van der Waals surface area contributed by atoms with Gasteiger partial charge in [-0.05, 0) is 64.0 Å².